The highest BCUT2D eigenvalue weighted by atomic mass is 79.9. The molecule has 2 heterocycles. The second-order valence-corrected chi connectivity index (χ2v) is 10.1. The van der Waals surface area contributed by atoms with Gasteiger partial charge in [0.25, 0.3) is 5.56 Å². The first kappa shape index (κ1) is 27.5. The zero-order chi connectivity index (χ0) is 28.1. The first-order chi connectivity index (χ1) is 19.5. The molecular weight excluding hydrogens is 574 g/mol. The Hall–Kier alpha value is -4.11. The molecule has 206 valence electrons. The molecule has 0 saturated heterocycles. The number of allylic oxidation sites excluding steroid dienone is 1. The Morgan fingerprint density at radius 1 is 1.10 bits per heavy atom. The zero-order valence-corrected chi connectivity index (χ0v) is 24.1. The normalized spacial score (nSPS) is 12.3. The SMILES string of the molecule is C=CCc1cc(C=Nn2c(CCC)nc3ccc(Br)cc3c2=O)cc(OCC)c1OCc1ccc2c(c1)OCO2. The molecule has 0 saturated carbocycles. The van der Waals surface area contributed by atoms with Gasteiger partial charge < -0.3 is 18.9 Å². The van der Waals surface area contributed by atoms with Gasteiger partial charge in [0, 0.05) is 16.5 Å². The third-order valence-electron chi connectivity index (χ3n) is 6.31. The standard InChI is InChI=1S/C31H30BrN3O5/c1-4-7-22-13-21(17-33-35-29(8-5-2)34-25-11-10-23(32)16-24(25)31(35)36)15-28(37-6-3)30(22)38-18-20-9-12-26-27(14-20)40-19-39-26/h4,9-17H,1,5-8,18-19H2,2-3H3. The van der Waals surface area contributed by atoms with Gasteiger partial charge in [-0.1, -0.05) is 35.0 Å². The van der Waals surface area contributed by atoms with Crippen molar-refractivity contribution < 1.29 is 18.9 Å². The van der Waals surface area contributed by atoms with Crippen LogP contribution in [0, 0.1) is 0 Å². The number of aryl methyl sites for hydroxylation is 1. The molecule has 1 aliphatic rings. The summed E-state index contributed by atoms with van der Waals surface area (Å²) < 4.78 is 25.4. The summed E-state index contributed by atoms with van der Waals surface area (Å²) in [5, 5.41) is 5.09. The van der Waals surface area contributed by atoms with E-state index >= 15 is 0 Å². The van der Waals surface area contributed by atoms with E-state index in [0.29, 0.717) is 60.0 Å². The molecule has 9 heteroatoms. The summed E-state index contributed by atoms with van der Waals surface area (Å²) in [6.07, 6.45) is 5.48. The van der Waals surface area contributed by atoms with Crippen LogP contribution in [-0.2, 0) is 19.4 Å². The number of ether oxygens (including phenoxy) is 4. The van der Waals surface area contributed by atoms with Gasteiger partial charge >= 0.3 is 0 Å². The third-order valence-corrected chi connectivity index (χ3v) is 6.80. The van der Waals surface area contributed by atoms with Gasteiger partial charge in [-0.05, 0) is 73.4 Å². The summed E-state index contributed by atoms with van der Waals surface area (Å²) in [5.74, 6) is 3.27. The fraction of sp³-hybridized carbons (Fsp3) is 0.258. The van der Waals surface area contributed by atoms with E-state index in [4.69, 9.17) is 23.9 Å². The van der Waals surface area contributed by atoms with Crippen LogP contribution >= 0.6 is 15.9 Å². The molecule has 0 spiro atoms. The summed E-state index contributed by atoms with van der Waals surface area (Å²) in [6.45, 7) is 8.88. The number of hydrogen-bond acceptors (Lipinski definition) is 7. The molecule has 1 aromatic heterocycles. The highest BCUT2D eigenvalue weighted by molar-refractivity contribution is 9.10. The summed E-state index contributed by atoms with van der Waals surface area (Å²) in [5.41, 5.74) is 3.04. The fourth-order valence-corrected chi connectivity index (χ4v) is 4.86. The van der Waals surface area contributed by atoms with Gasteiger partial charge in [-0.25, -0.2) is 4.98 Å². The predicted octanol–water partition coefficient (Wildman–Crippen LogP) is 6.43. The lowest BCUT2D eigenvalue weighted by Crippen LogP contribution is -2.22. The molecule has 0 fully saturated rings. The van der Waals surface area contributed by atoms with Crippen LogP contribution < -0.4 is 24.5 Å². The molecule has 0 bridgehead atoms. The molecule has 0 unspecified atom stereocenters. The van der Waals surface area contributed by atoms with Crippen molar-refractivity contribution in [2.45, 2.75) is 39.7 Å². The minimum absolute atomic E-state index is 0.217. The van der Waals surface area contributed by atoms with Crippen LogP contribution in [0.15, 0.2) is 75.6 Å². The minimum Gasteiger partial charge on any atom is -0.490 e. The second kappa shape index (κ2) is 12.4. The molecule has 1 aliphatic heterocycles. The first-order valence-corrected chi connectivity index (χ1v) is 14.0. The van der Waals surface area contributed by atoms with Crippen LogP contribution in [0.5, 0.6) is 23.0 Å². The molecule has 0 amide bonds. The Balaban J connectivity index is 1.50. The second-order valence-electron chi connectivity index (χ2n) is 9.21. The Morgan fingerprint density at radius 3 is 2.75 bits per heavy atom. The van der Waals surface area contributed by atoms with Gasteiger partial charge in [0.15, 0.2) is 23.0 Å². The average Bonchev–Trinajstić information content (AvgIpc) is 3.41. The molecule has 8 nitrogen and oxygen atoms in total. The number of halogens is 1. The van der Waals surface area contributed by atoms with Crippen LogP contribution in [0.25, 0.3) is 10.9 Å². The quantitative estimate of drug-likeness (QED) is 0.145. The van der Waals surface area contributed by atoms with Crippen molar-refractivity contribution in [3.8, 4) is 23.0 Å². The number of rotatable bonds is 11. The van der Waals surface area contributed by atoms with Crippen LogP contribution in [0.4, 0.5) is 0 Å². The van der Waals surface area contributed by atoms with Crippen molar-refractivity contribution in [1.82, 2.24) is 9.66 Å². The lowest BCUT2D eigenvalue weighted by Gasteiger charge is -2.17. The number of nitrogens with zero attached hydrogens (tertiary/aromatic N) is 3. The molecule has 0 N–H and O–H groups in total. The van der Waals surface area contributed by atoms with Crippen molar-refractivity contribution >= 4 is 33.0 Å². The van der Waals surface area contributed by atoms with Crippen molar-refractivity contribution in [3.63, 3.8) is 0 Å². The van der Waals surface area contributed by atoms with E-state index < -0.39 is 0 Å². The van der Waals surface area contributed by atoms with Crippen LogP contribution in [0.3, 0.4) is 0 Å². The average molecular weight is 605 g/mol. The number of benzene rings is 3. The van der Waals surface area contributed by atoms with Crippen molar-refractivity contribution in [3.05, 3.63) is 98.5 Å². The molecule has 3 aromatic carbocycles. The highest BCUT2D eigenvalue weighted by Gasteiger charge is 2.17. The third kappa shape index (κ3) is 5.89. The molecule has 0 radical (unpaired) electrons. The van der Waals surface area contributed by atoms with Gasteiger partial charge in [0.05, 0.1) is 23.7 Å². The maximum atomic E-state index is 13.4. The number of hydrogen-bond donors (Lipinski definition) is 0. The summed E-state index contributed by atoms with van der Waals surface area (Å²) in [7, 11) is 0. The topological polar surface area (TPSA) is 84.2 Å². The number of aromatic nitrogens is 2. The lowest BCUT2D eigenvalue weighted by atomic mass is 10.1. The largest absolute Gasteiger partial charge is 0.490 e. The van der Waals surface area contributed by atoms with Gasteiger partial charge in [0.1, 0.15) is 12.4 Å². The van der Waals surface area contributed by atoms with Crippen molar-refractivity contribution in [1.29, 1.82) is 0 Å². The van der Waals surface area contributed by atoms with Crippen LogP contribution in [0.1, 0.15) is 42.8 Å². The van der Waals surface area contributed by atoms with E-state index in [9.17, 15) is 4.79 Å². The molecular formula is C31H30BrN3O5. The molecule has 0 atom stereocenters. The van der Waals surface area contributed by atoms with Gasteiger partial charge in [-0.2, -0.15) is 9.78 Å². The van der Waals surface area contributed by atoms with Gasteiger partial charge in [-0.3, -0.25) is 4.79 Å². The molecule has 5 rings (SSSR count). The maximum absolute atomic E-state index is 13.4. The van der Waals surface area contributed by atoms with Crippen LogP contribution in [-0.4, -0.2) is 29.3 Å². The van der Waals surface area contributed by atoms with E-state index in [-0.39, 0.29) is 12.4 Å². The summed E-state index contributed by atoms with van der Waals surface area (Å²) in [4.78, 5) is 18.1. The van der Waals surface area contributed by atoms with E-state index in [1.807, 2.05) is 62.4 Å². The van der Waals surface area contributed by atoms with E-state index in [0.717, 1.165) is 33.3 Å². The Morgan fingerprint density at radius 2 is 1.95 bits per heavy atom. The van der Waals surface area contributed by atoms with Gasteiger partial charge in [-0.15, -0.1) is 6.58 Å². The maximum Gasteiger partial charge on any atom is 0.282 e. The first-order valence-electron chi connectivity index (χ1n) is 13.2. The highest BCUT2D eigenvalue weighted by Crippen LogP contribution is 2.36. The van der Waals surface area contributed by atoms with Crippen LogP contribution in [0.2, 0.25) is 0 Å². The van der Waals surface area contributed by atoms with E-state index in [1.54, 1.807) is 12.3 Å². The minimum atomic E-state index is -0.217. The van der Waals surface area contributed by atoms with E-state index in [2.05, 4.69) is 27.6 Å². The Bertz CT molecular complexity index is 1650. The molecule has 40 heavy (non-hydrogen) atoms. The van der Waals surface area contributed by atoms with E-state index in [1.165, 1.54) is 4.68 Å². The summed E-state index contributed by atoms with van der Waals surface area (Å²) in [6, 6.07) is 15.1. The monoisotopic (exact) mass is 603 g/mol. The molecule has 0 aliphatic carbocycles. The van der Waals surface area contributed by atoms with Crippen molar-refractivity contribution in [2.75, 3.05) is 13.4 Å². The zero-order valence-electron chi connectivity index (χ0n) is 22.5. The summed E-state index contributed by atoms with van der Waals surface area (Å²) >= 11 is 3.45. The molecule has 4 aromatic rings. The van der Waals surface area contributed by atoms with Gasteiger partial charge in [0.2, 0.25) is 6.79 Å². The lowest BCUT2D eigenvalue weighted by molar-refractivity contribution is 0.174. The fourth-order valence-electron chi connectivity index (χ4n) is 4.50. The Labute approximate surface area is 241 Å². The Kier molecular flexibility index (Phi) is 8.50. The number of fused-ring (bicyclic) bond motifs is 2. The smallest absolute Gasteiger partial charge is 0.282 e. The predicted molar refractivity (Wildman–Crippen MR) is 159 cm³/mol. The van der Waals surface area contributed by atoms with Crippen molar-refractivity contribution in [2.24, 2.45) is 5.10 Å².